The van der Waals surface area contributed by atoms with E-state index in [4.69, 9.17) is 4.42 Å². The van der Waals surface area contributed by atoms with Crippen LogP contribution in [0.2, 0.25) is 0 Å². The summed E-state index contributed by atoms with van der Waals surface area (Å²) in [6.07, 6.45) is 1.00. The van der Waals surface area contributed by atoms with Crippen molar-refractivity contribution in [1.82, 2.24) is 15.2 Å². The van der Waals surface area contributed by atoms with E-state index in [9.17, 15) is 4.79 Å². The number of nitrogens with zero attached hydrogens (tertiary/aromatic N) is 3. The zero-order chi connectivity index (χ0) is 21.8. The third-order valence-corrected chi connectivity index (χ3v) is 6.51. The molecule has 0 spiro atoms. The van der Waals surface area contributed by atoms with Gasteiger partial charge in [-0.1, -0.05) is 61.2 Å². The number of aryl methyl sites for hydroxylation is 2. The number of anilines is 1. The fraction of sp³-hybridized carbons (Fsp3) is 0.217. The first kappa shape index (κ1) is 21.3. The molecule has 0 bridgehead atoms. The molecule has 1 atom stereocenters. The molecule has 4 rings (SSSR count). The van der Waals surface area contributed by atoms with Crippen LogP contribution in [0.15, 0.2) is 63.6 Å². The molecule has 0 unspecified atom stereocenters. The number of hydrogen-bond donors (Lipinski definition) is 1. The number of benzene rings is 2. The SMILES string of the molecule is CCc1ccc(-c2csc(NC(=O)[C@@H](C)Sc3nnc(-c4ccccc4C)o3)n2)cc1. The van der Waals surface area contributed by atoms with Crippen LogP contribution < -0.4 is 5.32 Å². The predicted octanol–water partition coefficient (Wildman–Crippen LogP) is 5.85. The van der Waals surface area contributed by atoms with Crippen molar-refractivity contribution in [3.63, 3.8) is 0 Å². The van der Waals surface area contributed by atoms with Crippen molar-refractivity contribution in [2.24, 2.45) is 0 Å². The summed E-state index contributed by atoms with van der Waals surface area (Å²) in [5, 5.41) is 13.5. The van der Waals surface area contributed by atoms with E-state index in [1.54, 1.807) is 6.92 Å². The van der Waals surface area contributed by atoms with E-state index in [0.29, 0.717) is 16.2 Å². The van der Waals surface area contributed by atoms with Gasteiger partial charge in [0.05, 0.1) is 10.9 Å². The second-order valence-electron chi connectivity index (χ2n) is 7.03. The van der Waals surface area contributed by atoms with Crippen molar-refractivity contribution < 1.29 is 9.21 Å². The van der Waals surface area contributed by atoms with E-state index in [0.717, 1.165) is 28.8 Å². The average molecular weight is 451 g/mol. The first-order valence-electron chi connectivity index (χ1n) is 9.95. The standard InChI is InChI=1S/C23H22N4O2S2/c1-4-16-9-11-17(12-10-16)19-13-30-22(24-19)25-20(28)15(3)31-23-27-26-21(29-23)18-8-6-5-7-14(18)2/h5-13,15H,4H2,1-3H3,(H,24,25,28)/t15-/m1/s1. The topological polar surface area (TPSA) is 80.9 Å². The van der Waals surface area contributed by atoms with Gasteiger partial charge in [0.15, 0.2) is 5.13 Å². The Morgan fingerprint density at radius 2 is 1.94 bits per heavy atom. The third-order valence-electron chi connectivity index (χ3n) is 4.82. The highest BCUT2D eigenvalue weighted by atomic mass is 32.2. The van der Waals surface area contributed by atoms with Crippen LogP contribution in [0.25, 0.3) is 22.7 Å². The number of thiazole rings is 1. The number of thioether (sulfide) groups is 1. The van der Waals surface area contributed by atoms with Crippen LogP contribution in [-0.4, -0.2) is 26.3 Å². The van der Waals surface area contributed by atoms with Crippen LogP contribution in [-0.2, 0) is 11.2 Å². The lowest BCUT2D eigenvalue weighted by Crippen LogP contribution is -2.22. The molecular weight excluding hydrogens is 428 g/mol. The Hall–Kier alpha value is -2.97. The molecule has 0 saturated heterocycles. The third kappa shape index (κ3) is 5.03. The summed E-state index contributed by atoms with van der Waals surface area (Å²) in [5.74, 6) is 0.287. The van der Waals surface area contributed by atoms with Crippen LogP contribution in [0.3, 0.4) is 0 Å². The molecule has 158 valence electrons. The largest absolute Gasteiger partial charge is 0.411 e. The molecule has 1 amide bonds. The molecule has 0 saturated carbocycles. The van der Waals surface area contributed by atoms with E-state index >= 15 is 0 Å². The molecule has 2 aromatic heterocycles. The van der Waals surface area contributed by atoms with E-state index in [1.165, 1.54) is 28.7 Å². The van der Waals surface area contributed by atoms with E-state index < -0.39 is 5.25 Å². The zero-order valence-electron chi connectivity index (χ0n) is 17.5. The van der Waals surface area contributed by atoms with Gasteiger partial charge in [-0.3, -0.25) is 4.79 Å². The monoisotopic (exact) mass is 450 g/mol. The zero-order valence-corrected chi connectivity index (χ0v) is 19.1. The quantitative estimate of drug-likeness (QED) is 0.356. The minimum Gasteiger partial charge on any atom is -0.411 e. The minimum absolute atomic E-state index is 0.164. The smallest absolute Gasteiger partial charge is 0.277 e. The second-order valence-corrected chi connectivity index (χ2v) is 9.18. The van der Waals surface area contributed by atoms with Gasteiger partial charge in [-0.25, -0.2) is 4.98 Å². The van der Waals surface area contributed by atoms with Crippen molar-refractivity contribution >= 4 is 34.1 Å². The van der Waals surface area contributed by atoms with Crippen molar-refractivity contribution in [3.05, 3.63) is 65.0 Å². The highest BCUT2D eigenvalue weighted by Gasteiger charge is 2.20. The molecule has 2 aromatic carbocycles. The van der Waals surface area contributed by atoms with E-state index in [-0.39, 0.29) is 5.91 Å². The number of carbonyl (C=O) groups excluding carboxylic acids is 1. The molecule has 8 heteroatoms. The molecule has 0 aliphatic heterocycles. The van der Waals surface area contributed by atoms with E-state index in [2.05, 4.69) is 51.7 Å². The van der Waals surface area contributed by atoms with Gasteiger partial charge in [-0.15, -0.1) is 21.5 Å². The van der Waals surface area contributed by atoms with Crippen LogP contribution in [0, 0.1) is 6.92 Å². The Kier molecular flexibility index (Phi) is 6.48. The highest BCUT2D eigenvalue weighted by molar-refractivity contribution is 8.00. The molecule has 0 radical (unpaired) electrons. The maximum atomic E-state index is 12.6. The van der Waals surface area contributed by atoms with Crippen molar-refractivity contribution in [3.8, 4) is 22.7 Å². The molecule has 6 nitrogen and oxygen atoms in total. The maximum Gasteiger partial charge on any atom is 0.277 e. The molecular formula is C23H22N4O2S2. The lowest BCUT2D eigenvalue weighted by molar-refractivity contribution is -0.115. The number of aromatic nitrogens is 3. The molecule has 31 heavy (non-hydrogen) atoms. The van der Waals surface area contributed by atoms with Crippen LogP contribution in [0.1, 0.15) is 25.0 Å². The van der Waals surface area contributed by atoms with Crippen molar-refractivity contribution in [2.45, 2.75) is 37.7 Å². The summed E-state index contributed by atoms with van der Waals surface area (Å²) in [5.41, 5.74) is 5.11. The Labute approximate surface area is 189 Å². The van der Waals surface area contributed by atoms with Crippen LogP contribution >= 0.6 is 23.1 Å². The Morgan fingerprint density at radius 3 is 2.68 bits per heavy atom. The van der Waals surface area contributed by atoms with Gasteiger partial charge in [-0.05, 0) is 37.5 Å². The summed E-state index contributed by atoms with van der Waals surface area (Å²) >= 11 is 2.63. The minimum atomic E-state index is -0.415. The molecule has 0 aliphatic rings. The summed E-state index contributed by atoms with van der Waals surface area (Å²) in [6.45, 7) is 5.92. The lowest BCUT2D eigenvalue weighted by atomic mass is 10.1. The van der Waals surface area contributed by atoms with Crippen LogP contribution in [0.4, 0.5) is 5.13 Å². The Balaban J connectivity index is 1.38. The number of hydrogen-bond acceptors (Lipinski definition) is 7. The summed E-state index contributed by atoms with van der Waals surface area (Å²) in [4.78, 5) is 17.2. The van der Waals surface area contributed by atoms with E-state index in [1.807, 2.05) is 36.6 Å². The van der Waals surface area contributed by atoms with Gasteiger partial charge in [0.1, 0.15) is 0 Å². The highest BCUT2D eigenvalue weighted by Crippen LogP contribution is 2.29. The molecule has 0 fully saturated rings. The number of amides is 1. The van der Waals surface area contributed by atoms with Gasteiger partial charge in [0.25, 0.3) is 5.22 Å². The van der Waals surface area contributed by atoms with Crippen molar-refractivity contribution in [1.29, 1.82) is 0 Å². The lowest BCUT2D eigenvalue weighted by Gasteiger charge is -2.07. The first-order chi connectivity index (χ1) is 15.0. The molecule has 1 N–H and O–H groups in total. The van der Waals surface area contributed by atoms with Gasteiger partial charge >= 0.3 is 0 Å². The Morgan fingerprint density at radius 1 is 1.16 bits per heavy atom. The van der Waals surface area contributed by atoms with Crippen LogP contribution in [0.5, 0.6) is 0 Å². The molecule has 2 heterocycles. The fourth-order valence-corrected chi connectivity index (χ4v) is 4.37. The summed E-state index contributed by atoms with van der Waals surface area (Å²) in [7, 11) is 0. The van der Waals surface area contributed by atoms with Gasteiger partial charge in [0.2, 0.25) is 11.8 Å². The molecule has 4 aromatic rings. The number of carbonyl (C=O) groups is 1. The maximum absolute atomic E-state index is 12.6. The average Bonchev–Trinajstić information content (AvgIpc) is 3.44. The normalized spacial score (nSPS) is 12.0. The fourth-order valence-electron chi connectivity index (χ4n) is 2.97. The Bertz CT molecular complexity index is 1180. The summed E-state index contributed by atoms with van der Waals surface area (Å²) in [6, 6.07) is 16.1. The van der Waals surface area contributed by atoms with Gasteiger partial charge < -0.3 is 9.73 Å². The number of nitrogens with one attached hydrogen (secondary N) is 1. The summed E-state index contributed by atoms with van der Waals surface area (Å²) < 4.78 is 5.75. The van der Waals surface area contributed by atoms with Gasteiger partial charge in [0, 0.05) is 16.5 Å². The first-order valence-corrected chi connectivity index (χ1v) is 11.7. The number of rotatable bonds is 7. The predicted molar refractivity (Wildman–Crippen MR) is 125 cm³/mol. The molecule has 0 aliphatic carbocycles. The van der Waals surface area contributed by atoms with Gasteiger partial charge in [-0.2, -0.15) is 0 Å². The second kappa shape index (κ2) is 9.45. The van der Waals surface area contributed by atoms with Crippen molar-refractivity contribution in [2.75, 3.05) is 5.32 Å².